The van der Waals surface area contributed by atoms with Gasteiger partial charge in [-0.3, -0.25) is 0 Å². The highest BCUT2D eigenvalue weighted by Gasteiger charge is 2.25. The van der Waals surface area contributed by atoms with Gasteiger partial charge in [0.15, 0.2) is 9.84 Å². The number of aryl methyl sites for hydroxylation is 1. The summed E-state index contributed by atoms with van der Waals surface area (Å²) >= 11 is 0. The summed E-state index contributed by atoms with van der Waals surface area (Å²) in [6.45, 7) is 3.44. The Labute approximate surface area is 129 Å². The zero-order valence-corrected chi connectivity index (χ0v) is 13.3. The Hall–Kier alpha value is -2.02. The summed E-state index contributed by atoms with van der Waals surface area (Å²) in [6.07, 6.45) is 2.02. The van der Waals surface area contributed by atoms with Crippen molar-refractivity contribution in [2.24, 2.45) is 0 Å². The van der Waals surface area contributed by atoms with Gasteiger partial charge in [0.1, 0.15) is 0 Å². The second-order valence-corrected chi connectivity index (χ2v) is 7.75. The van der Waals surface area contributed by atoms with E-state index in [1.54, 1.807) is 4.90 Å². The van der Waals surface area contributed by atoms with Crippen molar-refractivity contribution in [1.29, 1.82) is 0 Å². The molecule has 0 bridgehead atoms. The van der Waals surface area contributed by atoms with Crippen molar-refractivity contribution in [3.8, 4) is 0 Å². The molecule has 0 atom stereocenters. The van der Waals surface area contributed by atoms with Crippen LogP contribution in [0.5, 0.6) is 0 Å². The molecular weight excluding hydrogens is 302 g/mol. The van der Waals surface area contributed by atoms with Gasteiger partial charge in [0.2, 0.25) is 0 Å². The first-order valence-corrected chi connectivity index (χ1v) is 9.16. The molecular formula is C15H19N3O3S. The minimum Gasteiger partial charge on any atom is -0.348 e. The molecule has 0 spiro atoms. The Balaban J connectivity index is 1.74. The van der Waals surface area contributed by atoms with Gasteiger partial charge in [0.05, 0.1) is 17.0 Å². The van der Waals surface area contributed by atoms with E-state index in [1.165, 1.54) is 0 Å². The summed E-state index contributed by atoms with van der Waals surface area (Å²) < 4.78 is 24.9. The summed E-state index contributed by atoms with van der Waals surface area (Å²) in [6, 6.07) is 7.57. The van der Waals surface area contributed by atoms with Crippen LogP contribution in [0.15, 0.2) is 30.5 Å². The standard InChI is InChI=1S/C15H19N3O3S/c1-2-17-6-5-12-3-4-13(11-14(12)17)16-15(19)18-7-9-22(20,21)10-8-18/h3-6,11H,2,7-10H2,1H3,(H,16,19). The smallest absolute Gasteiger partial charge is 0.321 e. The number of fused-ring (bicyclic) bond motifs is 1. The summed E-state index contributed by atoms with van der Waals surface area (Å²) in [5.41, 5.74) is 1.79. The highest BCUT2D eigenvalue weighted by atomic mass is 32.2. The third-order valence-corrected chi connectivity index (χ3v) is 5.61. The maximum absolute atomic E-state index is 12.2. The summed E-state index contributed by atoms with van der Waals surface area (Å²) in [5, 5.41) is 3.98. The van der Waals surface area contributed by atoms with Crippen molar-refractivity contribution >= 4 is 32.5 Å². The number of hydrogen-bond acceptors (Lipinski definition) is 3. The Morgan fingerprint density at radius 1 is 1.23 bits per heavy atom. The number of carbonyl (C=O) groups is 1. The van der Waals surface area contributed by atoms with Gasteiger partial charge in [-0.2, -0.15) is 0 Å². The minimum absolute atomic E-state index is 0.0398. The van der Waals surface area contributed by atoms with E-state index in [0.29, 0.717) is 0 Å². The number of nitrogens with one attached hydrogen (secondary N) is 1. The third kappa shape index (κ3) is 2.94. The topological polar surface area (TPSA) is 71.4 Å². The van der Waals surface area contributed by atoms with Crippen molar-refractivity contribution in [2.75, 3.05) is 29.9 Å². The Morgan fingerprint density at radius 2 is 1.95 bits per heavy atom. The lowest BCUT2D eigenvalue weighted by Gasteiger charge is -2.26. The number of benzene rings is 1. The fourth-order valence-corrected chi connectivity index (χ4v) is 3.86. The van der Waals surface area contributed by atoms with E-state index in [-0.39, 0.29) is 30.6 Å². The van der Waals surface area contributed by atoms with Crippen LogP contribution < -0.4 is 5.32 Å². The Morgan fingerprint density at radius 3 is 2.64 bits per heavy atom. The SMILES string of the molecule is CCn1ccc2ccc(NC(=O)N3CCS(=O)(=O)CC3)cc21. The lowest BCUT2D eigenvalue weighted by atomic mass is 10.2. The molecule has 0 aliphatic carbocycles. The van der Waals surface area contributed by atoms with Crippen LogP contribution in [-0.4, -0.2) is 48.5 Å². The number of anilines is 1. The first-order chi connectivity index (χ1) is 10.5. The molecule has 6 nitrogen and oxygen atoms in total. The van der Waals surface area contributed by atoms with Crippen molar-refractivity contribution in [3.63, 3.8) is 0 Å². The molecule has 0 unspecified atom stereocenters. The number of amides is 2. The quantitative estimate of drug-likeness (QED) is 0.918. The molecule has 1 aromatic carbocycles. The van der Waals surface area contributed by atoms with Crippen LogP contribution in [0.4, 0.5) is 10.5 Å². The number of nitrogens with zero attached hydrogens (tertiary/aromatic N) is 2. The van der Waals surface area contributed by atoms with Gasteiger partial charge in [-0.15, -0.1) is 0 Å². The normalized spacial score (nSPS) is 17.6. The van der Waals surface area contributed by atoms with Crippen LogP contribution in [0.25, 0.3) is 10.9 Å². The van der Waals surface area contributed by atoms with Crippen molar-refractivity contribution in [2.45, 2.75) is 13.5 Å². The molecule has 1 fully saturated rings. The molecule has 22 heavy (non-hydrogen) atoms. The van der Waals surface area contributed by atoms with E-state index >= 15 is 0 Å². The van der Waals surface area contributed by atoms with Crippen molar-refractivity contribution < 1.29 is 13.2 Å². The summed E-state index contributed by atoms with van der Waals surface area (Å²) in [4.78, 5) is 13.8. The van der Waals surface area contributed by atoms with Gasteiger partial charge in [0.25, 0.3) is 0 Å². The van der Waals surface area contributed by atoms with Gasteiger partial charge in [0, 0.05) is 31.5 Å². The molecule has 1 aromatic heterocycles. The molecule has 0 saturated carbocycles. The second-order valence-electron chi connectivity index (χ2n) is 5.44. The molecule has 1 N–H and O–H groups in total. The second kappa shape index (κ2) is 5.64. The summed E-state index contributed by atoms with van der Waals surface area (Å²) in [7, 11) is -2.98. The molecule has 2 aromatic rings. The van der Waals surface area contributed by atoms with Crippen LogP contribution >= 0.6 is 0 Å². The molecule has 1 saturated heterocycles. The van der Waals surface area contributed by atoms with Gasteiger partial charge in [-0.1, -0.05) is 6.07 Å². The number of aromatic nitrogens is 1. The molecule has 1 aliphatic rings. The number of hydrogen-bond donors (Lipinski definition) is 1. The van der Waals surface area contributed by atoms with E-state index < -0.39 is 9.84 Å². The van der Waals surface area contributed by atoms with Gasteiger partial charge in [-0.05, 0) is 30.5 Å². The van der Waals surface area contributed by atoms with E-state index in [1.807, 2.05) is 30.5 Å². The van der Waals surface area contributed by atoms with E-state index in [2.05, 4.69) is 16.8 Å². The molecule has 2 amide bonds. The monoisotopic (exact) mass is 321 g/mol. The van der Waals surface area contributed by atoms with E-state index in [4.69, 9.17) is 0 Å². The average Bonchev–Trinajstić information content (AvgIpc) is 2.89. The zero-order valence-electron chi connectivity index (χ0n) is 12.4. The lowest BCUT2D eigenvalue weighted by Crippen LogP contribution is -2.45. The van der Waals surface area contributed by atoms with E-state index in [0.717, 1.165) is 23.1 Å². The summed E-state index contributed by atoms with van der Waals surface area (Å²) in [5.74, 6) is 0.0796. The molecule has 7 heteroatoms. The minimum atomic E-state index is -2.98. The largest absolute Gasteiger partial charge is 0.348 e. The van der Waals surface area contributed by atoms with Gasteiger partial charge < -0.3 is 14.8 Å². The highest BCUT2D eigenvalue weighted by Crippen LogP contribution is 2.21. The Bertz CT molecular complexity index is 797. The van der Waals surface area contributed by atoms with Crippen LogP contribution in [0.2, 0.25) is 0 Å². The fraction of sp³-hybridized carbons (Fsp3) is 0.400. The highest BCUT2D eigenvalue weighted by molar-refractivity contribution is 7.91. The van der Waals surface area contributed by atoms with Gasteiger partial charge in [-0.25, -0.2) is 13.2 Å². The van der Waals surface area contributed by atoms with Crippen LogP contribution in [-0.2, 0) is 16.4 Å². The Kier molecular flexibility index (Phi) is 3.82. The lowest BCUT2D eigenvalue weighted by molar-refractivity contribution is 0.216. The molecule has 2 heterocycles. The number of sulfone groups is 1. The van der Waals surface area contributed by atoms with Crippen LogP contribution in [0.3, 0.4) is 0 Å². The fourth-order valence-electron chi connectivity index (χ4n) is 2.66. The molecule has 0 radical (unpaired) electrons. The maximum Gasteiger partial charge on any atom is 0.321 e. The predicted octanol–water partition coefficient (Wildman–Crippen LogP) is 1.92. The third-order valence-electron chi connectivity index (χ3n) is 4.00. The average molecular weight is 321 g/mol. The first-order valence-electron chi connectivity index (χ1n) is 7.34. The number of rotatable bonds is 2. The van der Waals surface area contributed by atoms with Gasteiger partial charge >= 0.3 is 6.03 Å². The van der Waals surface area contributed by atoms with Crippen molar-refractivity contribution in [1.82, 2.24) is 9.47 Å². The van der Waals surface area contributed by atoms with Crippen molar-refractivity contribution in [3.05, 3.63) is 30.5 Å². The maximum atomic E-state index is 12.2. The van der Waals surface area contributed by atoms with Crippen LogP contribution in [0.1, 0.15) is 6.92 Å². The molecule has 118 valence electrons. The number of urea groups is 1. The predicted molar refractivity (Wildman–Crippen MR) is 86.9 cm³/mol. The number of carbonyl (C=O) groups excluding carboxylic acids is 1. The first kappa shape index (κ1) is 14.9. The molecule has 1 aliphatic heterocycles. The zero-order chi connectivity index (χ0) is 15.7. The molecule has 3 rings (SSSR count). The van der Waals surface area contributed by atoms with E-state index in [9.17, 15) is 13.2 Å². The van der Waals surface area contributed by atoms with Crippen LogP contribution in [0, 0.1) is 0 Å².